The fourth-order valence-electron chi connectivity index (χ4n) is 4.53. The molecule has 3 N–H and O–H groups in total. The van der Waals surface area contributed by atoms with Crippen LogP contribution in [-0.4, -0.2) is 56.3 Å². The van der Waals surface area contributed by atoms with Crippen LogP contribution < -0.4 is 11.2 Å². The second-order valence-corrected chi connectivity index (χ2v) is 10.7. The number of ether oxygens (including phenoxy) is 2. The Morgan fingerprint density at radius 3 is 2.45 bits per heavy atom. The molecule has 1 aromatic carbocycles. The molecule has 212 valence electrons. The number of benzene rings is 1. The molecule has 3 heterocycles. The molecule has 1 aliphatic rings. The summed E-state index contributed by atoms with van der Waals surface area (Å²) in [6.45, 7) is 9.69. The second-order valence-electron chi connectivity index (χ2n) is 10.7. The first-order chi connectivity index (χ1) is 19.0. The molecule has 40 heavy (non-hydrogen) atoms. The van der Waals surface area contributed by atoms with Gasteiger partial charge in [0.15, 0.2) is 11.5 Å². The third-order valence-electron chi connectivity index (χ3n) is 6.41. The summed E-state index contributed by atoms with van der Waals surface area (Å²) in [5.74, 6) is 6.31. The summed E-state index contributed by atoms with van der Waals surface area (Å²) in [4.78, 5) is 49.4. The number of imidazole rings is 1. The predicted octanol–water partition coefficient (Wildman–Crippen LogP) is 4.86. The Labute approximate surface area is 233 Å². The number of piperidine rings is 1. The van der Waals surface area contributed by atoms with Crippen molar-refractivity contribution in [2.75, 3.05) is 24.3 Å². The highest BCUT2D eigenvalue weighted by atomic mass is 16.6. The van der Waals surface area contributed by atoms with Gasteiger partial charge in [0.05, 0.1) is 12.6 Å². The normalized spacial score (nSPS) is 15.4. The van der Waals surface area contributed by atoms with Crippen molar-refractivity contribution < 1.29 is 23.9 Å². The van der Waals surface area contributed by atoms with Crippen molar-refractivity contribution in [2.24, 2.45) is 0 Å². The second kappa shape index (κ2) is 11.8. The highest BCUT2D eigenvalue weighted by molar-refractivity contribution is 6.04. The van der Waals surface area contributed by atoms with Gasteiger partial charge in [-0.2, -0.15) is 0 Å². The molecule has 11 nitrogen and oxygen atoms in total. The first kappa shape index (κ1) is 28.6. The van der Waals surface area contributed by atoms with Crippen molar-refractivity contribution >= 4 is 23.8 Å². The van der Waals surface area contributed by atoms with E-state index in [1.807, 2.05) is 33.8 Å². The topological polar surface area (TPSA) is 142 Å². The number of rotatable bonds is 6. The molecular formula is C29H36N6O5. The van der Waals surface area contributed by atoms with Gasteiger partial charge in [0.25, 0.3) is 5.91 Å². The minimum absolute atomic E-state index is 0.0626. The van der Waals surface area contributed by atoms with Crippen LogP contribution in [0.3, 0.4) is 0 Å². The number of pyridine rings is 1. The average molecular weight is 549 g/mol. The molecule has 2 amide bonds. The molecule has 0 aliphatic carbocycles. The molecule has 0 radical (unpaired) electrons. The zero-order valence-corrected chi connectivity index (χ0v) is 23.6. The van der Waals surface area contributed by atoms with Crippen LogP contribution in [0.4, 0.5) is 10.6 Å². The highest BCUT2D eigenvalue weighted by Crippen LogP contribution is 2.35. The lowest BCUT2D eigenvalue weighted by atomic mass is 10.0. The minimum Gasteiger partial charge on any atom is -0.461 e. The van der Waals surface area contributed by atoms with Crippen LogP contribution in [0, 0.1) is 6.92 Å². The Morgan fingerprint density at radius 2 is 1.82 bits per heavy atom. The summed E-state index contributed by atoms with van der Waals surface area (Å²) in [6, 6.07) is 9.77. The van der Waals surface area contributed by atoms with Crippen LogP contribution >= 0.6 is 0 Å². The monoisotopic (exact) mass is 548 g/mol. The van der Waals surface area contributed by atoms with Gasteiger partial charge in [0.2, 0.25) is 0 Å². The minimum atomic E-state index is -0.665. The maximum absolute atomic E-state index is 13.0. The van der Waals surface area contributed by atoms with Gasteiger partial charge in [-0.3, -0.25) is 9.69 Å². The molecule has 2 aromatic heterocycles. The number of anilines is 1. The molecule has 1 aliphatic heterocycles. The first-order valence-corrected chi connectivity index (χ1v) is 13.4. The number of carbonyl (C=O) groups excluding carboxylic acids is 3. The van der Waals surface area contributed by atoms with E-state index in [9.17, 15) is 14.4 Å². The zero-order valence-electron chi connectivity index (χ0n) is 23.6. The van der Waals surface area contributed by atoms with E-state index >= 15 is 0 Å². The van der Waals surface area contributed by atoms with Crippen LogP contribution in [0.25, 0.3) is 11.3 Å². The molecule has 0 saturated carbocycles. The summed E-state index contributed by atoms with van der Waals surface area (Å²) in [7, 11) is 0. The Morgan fingerprint density at radius 1 is 1.10 bits per heavy atom. The SMILES string of the molecule is CCOC(=O)c1c(-c2ccc(C(=O)Nc3ccc(C)cn3)cc2)nc(C2CCCCN2C(=O)OC(C)(C)C)n1N. The molecule has 1 fully saturated rings. The first-order valence-electron chi connectivity index (χ1n) is 13.4. The largest absolute Gasteiger partial charge is 0.461 e. The number of likely N-dealkylation sites (tertiary alicyclic amines) is 1. The number of carbonyl (C=O) groups is 3. The Kier molecular flexibility index (Phi) is 8.41. The number of amides is 2. The molecular weight excluding hydrogens is 512 g/mol. The molecule has 0 bridgehead atoms. The molecule has 0 spiro atoms. The predicted molar refractivity (Wildman–Crippen MR) is 150 cm³/mol. The number of aromatic nitrogens is 3. The quantitative estimate of drug-likeness (QED) is 0.329. The van der Waals surface area contributed by atoms with Crippen LogP contribution in [0.5, 0.6) is 0 Å². The van der Waals surface area contributed by atoms with E-state index in [2.05, 4.69) is 10.3 Å². The van der Waals surface area contributed by atoms with Gasteiger partial charge in [0.1, 0.15) is 17.1 Å². The van der Waals surface area contributed by atoms with Gasteiger partial charge >= 0.3 is 12.1 Å². The van der Waals surface area contributed by atoms with Crippen LogP contribution in [0.1, 0.15) is 85.2 Å². The Balaban J connectivity index is 1.67. The lowest BCUT2D eigenvalue weighted by molar-refractivity contribution is 0.00820. The summed E-state index contributed by atoms with van der Waals surface area (Å²) < 4.78 is 12.1. The van der Waals surface area contributed by atoms with E-state index in [1.54, 1.807) is 48.4 Å². The third-order valence-corrected chi connectivity index (χ3v) is 6.41. The molecule has 3 aromatic rings. The molecule has 1 unspecified atom stereocenters. The number of esters is 1. The lowest BCUT2D eigenvalue weighted by Gasteiger charge is -2.36. The van der Waals surface area contributed by atoms with Crippen LogP contribution in [-0.2, 0) is 9.47 Å². The van der Waals surface area contributed by atoms with Gasteiger partial charge < -0.3 is 20.6 Å². The number of nitrogens with one attached hydrogen (secondary N) is 1. The van der Waals surface area contributed by atoms with Crippen molar-refractivity contribution in [1.29, 1.82) is 0 Å². The van der Waals surface area contributed by atoms with Crippen LogP contribution in [0.2, 0.25) is 0 Å². The smallest absolute Gasteiger partial charge is 0.410 e. The van der Waals surface area contributed by atoms with E-state index in [1.165, 1.54) is 4.68 Å². The lowest BCUT2D eigenvalue weighted by Crippen LogP contribution is -2.43. The van der Waals surface area contributed by atoms with Gasteiger partial charge in [0, 0.05) is 23.9 Å². The average Bonchev–Trinajstić information content (AvgIpc) is 3.26. The Bertz CT molecular complexity index is 1380. The van der Waals surface area contributed by atoms with E-state index in [0.29, 0.717) is 41.4 Å². The number of nitrogen functional groups attached to an aromatic ring is 1. The number of nitrogens with zero attached hydrogens (tertiary/aromatic N) is 4. The van der Waals surface area contributed by atoms with E-state index in [-0.39, 0.29) is 18.2 Å². The molecule has 11 heteroatoms. The van der Waals surface area contributed by atoms with E-state index in [4.69, 9.17) is 20.3 Å². The van der Waals surface area contributed by atoms with Crippen LogP contribution in [0.15, 0.2) is 42.6 Å². The summed E-state index contributed by atoms with van der Waals surface area (Å²) in [5, 5.41) is 2.77. The van der Waals surface area contributed by atoms with Gasteiger partial charge in [-0.25, -0.2) is 24.2 Å². The summed E-state index contributed by atoms with van der Waals surface area (Å²) in [6.07, 6.45) is 3.51. The third kappa shape index (κ3) is 6.41. The van der Waals surface area contributed by atoms with E-state index < -0.39 is 23.7 Å². The van der Waals surface area contributed by atoms with Gasteiger partial charge in [-0.15, -0.1) is 0 Å². The van der Waals surface area contributed by atoms with Crippen molar-refractivity contribution in [2.45, 2.75) is 65.5 Å². The summed E-state index contributed by atoms with van der Waals surface area (Å²) >= 11 is 0. The summed E-state index contributed by atoms with van der Waals surface area (Å²) in [5.41, 5.74) is 1.66. The maximum Gasteiger partial charge on any atom is 0.410 e. The van der Waals surface area contributed by atoms with Gasteiger partial charge in [-0.1, -0.05) is 18.2 Å². The number of nitrogens with two attached hydrogens (primary N) is 1. The highest BCUT2D eigenvalue weighted by Gasteiger charge is 2.36. The number of aryl methyl sites for hydroxylation is 1. The number of hydrogen-bond acceptors (Lipinski definition) is 8. The van der Waals surface area contributed by atoms with Crippen molar-refractivity contribution in [3.63, 3.8) is 0 Å². The van der Waals surface area contributed by atoms with Crippen molar-refractivity contribution in [3.8, 4) is 11.3 Å². The fourth-order valence-corrected chi connectivity index (χ4v) is 4.53. The zero-order chi connectivity index (χ0) is 29.0. The van der Waals surface area contributed by atoms with Crippen molar-refractivity contribution in [3.05, 3.63) is 65.2 Å². The van der Waals surface area contributed by atoms with E-state index in [0.717, 1.165) is 18.4 Å². The standard InChI is InChI=1S/C29H36N6O5/c1-6-39-27(37)24-23(19-11-13-20(14-12-19)26(36)32-22-15-10-18(2)17-31-22)33-25(35(24)30)21-9-7-8-16-34(21)28(38)40-29(3,4)5/h10-15,17,21H,6-9,16,30H2,1-5H3,(H,31,32,36). The molecule has 1 saturated heterocycles. The van der Waals surface area contributed by atoms with Gasteiger partial charge in [-0.05, 0) is 77.6 Å². The fraction of sp³-hybridized carbons (Fsp3) is 0.414. The molecule has 1 atom stereocenters. The Hall–Kier alpha value is -4.41. The van der Waals surface area contributed by atoms with Crippen molar-refractivity contribution in [1.82, 2.24) is 19.5 Å². The maximum atomic E-state index is 13.0. The molecule has 4 rings (SSSR count). The number of hydrogen-bond donors (Lipinski definition) is 2.